The number of hydrogen-bond acceptors (Lipinski definition) is 8. The van der Waals surface area contributed by atoms with E-state index >= 15 is 0 Å². The van der Waals surface area contributed by atoms with E-state index in [0.717, 1.165) is 16.7 Å². The van der Waals surface area contributed by atoms with Gasteiger partial charge in [-0.3, -0.25) is 9.40 Å². The van der Waals surface area contributed by atoms with E-state index in [2.05, 4.69) is 46.9 Å². The van der Waals surface area contributed by atoms with Gasteiger partial charge in [0.1, 0.15) is 11.8 Å². The zero-order valence-electron chi connectivity index (χ0n) is 23.9. The molecule has 0 saturated heterocycles. The van der Waals surface area contributed by atoms with E-state index in [1.54, 1.807) is 13.4 Å². The highest BCUT2D eigenvalue weighted by atomic mass is 31.2. The number of hydrogen-bond donors (Lipinski definition) is 3. The van der Waals surface area contributed by atoms with Gasteiger partial charge < -0.3 is 23.8 Å². The topological polar surface area (TPSA) is 141 Å². The van der Waals surface area contributed by atoms with Crippen LogP contribution >= 0.6 is 7.60 Å². The molecule has 0 aliphatic carbocycles. The summed E-state index contributed by atoms with van der Waals surface area (Å²) in [6.07, 6.45) is 1.40. The number of ether oxygens (including phenoxy) is 2. The van der Waals surface area contributed by atoms with E-state index in [-0.39, 0.29) is 19.3 Å². The number of nitrogens with one attached hydrogen (secondary N) is 1. The first-order valence-corrected chi connectivity index (χ1v) is 15.5. The van der Waals surface area contributed by atoms with Crippen LogP contribution in [-0.2, 0) is 24.3 Å². The summed E-state index contributed by atoms with van der Waals surface area (Å²) in [5.74, 6) is 0.890. The molecular weight excluding hydrogens is 569 g/mol. The quantitative estimate of drug-likeness (QED) is 0.0694. The monoisotopic (exact) mass is 603 g/mol. The van der Waals surface area contributed by atoms with Crippen LogP contribution in [0.4, 0.5) is 5.82 Å². The van der Waals surface area contributed by atoms with Crippen LogP contribution in [0.25, 0.3) is 11.2 Å². The molecule has 0 radical (unpaired) electrons. The fourth-order valence-electron chi connectivity index (χ4n) is 5.37. The van der Waals surface area contributed by atoms with Crippen molar-refractivity contribution in [2.75, 3.05) is 39.3 Å². The van der Waals surface area contributed by atoms with Crippen LogP contribution < -0.4 is 5.48 Å². The Morgan fingerprint density at radius 2 is 1.44 bits per heavy atom. The van der Waals surface area contributed by atoms with Gasteiger partial charge in [-0.05, 0) is 23.1 Å². The van der Waals surface area contributed by atoms with Crippen LogP contribution in [0.15, 0.2) is 97.3 Å². The van der Waals surface area contributed by atoms with Crippen LogP contribution in [0.5, 0.6) is 0 Å². The summed E-state index contributed by atoms with van der Waals surface area (Å²) in [4.78, 5) is 38.6. The highest BCUT2D eigenvalue weighted by Crippen LogP contribution is 2.44. The lowest BCUT2D eigenvalue weighted by atomic mass is 9.68. The minimum Gasteiger partial charge on any atom is -0.383 e. The van der Waals surface area contributed by atoms with Gasteiger partial charge in [0.2, 0.25) is 0 Å². The van der Waals surface area contributed by atoms with Gasteiger partial charge in [-0.2, -0.15) is 0 Å². The maximum absolute atomic E-state index is 11.3. The van der Waals surface area contributed by atoms with E-state index < -0.39 is 19.4 Å². The molecule has 0 amide bonds. The number of methoxy groups -OCH3 is 1. The van der Waals surface area contributed by atoms with Gasteiger partial charge in [-0.15, -0.1) is 0 Å². The van der Waals surface area contributed by atoms with Crippen molar-refractivity contribution in [1.29, 1.82) is 0 Å². The highest BCUT2D eigenvalue weighted by molar-refractivity contribution is 7.51. The molecule has 3 N–H and O–H groups in total. The van der Waals surface area contributed by atoms with Gasteiger partial charge in [-0.25, -0.2) is 20.4 Å². The Morgan fingerprint density at radius 1 is 0.884 bits per heavy atom. The van der Waals surface area contributed by atoms with E-state index in [0.29, 0.717) is 29.2 Å². The van der Waals surface area contributed by atoms with Gasteiger partial charge in [0, 0.05) is 13.7 Å². The molecule has 0 aliphatic rings. The second kappa shape index (κ2) is 13.6. The zero-order valence-corrected chi connectivity index (χ0v) is 24.8. The molecule has 1 unspecified atom stereocenters. The van der Waals surface area contributed by atoms with Crippen molar-refractivity contribution in [1.82, 2.24) is 19.5 Å². The lowest BCUT2D eigenvalue weighted by molar-refractivity contribution is 0.109. The third kappa shape index (κ3) is 6.52. The van der Waals surface area contributed by atoms with Crippen molar-refractivity contribution in [2.45, 2.75) is 17.9 Å². The van der Waals surface area contributed by atoms with Crippen molar-refractivity contribution in [2.24, 2.45) is 0 Å². The summed E-state index contributed by atoms with van der Waals surface area (Å²) in [6.45, 7) is 0.389. The Kier molecular flexibility index (Phi) is 9.62. The second-order valence-corrected chi connectivity index (χ2v) is 11.6. The van der Waals surface area contributed by atoms with Crippen molar-refractivity contribution in [3.63, 3.8) is 0 Å². The smallest absolute Gasteiger partial charge is 0.350 e. The Labute approximate surface area is 249 Å². The normalized spacial score (nSPS) is 12.8. The predicted octanol–water partition coefficient (Wildman–Crippen LogP) is 4.91. The largest absolute Gasteiger partial charge is 0.383 e. The Balaban J connectivity index is 1.75. The molecule has 2 heterocycles. The molecule has 0 aliphatic heterocycles. The summed E-state index contributed by atoms with van der Waals surface area (Å²) in [5, 5.41) is 0. The molecule has 0 fully saturated rings. The van der Waals surface area contributed by atoms with Gasteiger partial charge in [0.15, 0.2) is 22.8 Å². The second-order valence-electron chi connectivity index (χ2n) is 9.97. The number of rotatable bonds is 14. The molecule has 5 rings (SSSR count). The molecule has 0 spiro atoms. The Bertz CT molecular complexity index is 1570. The highest BCUT2D eigenvalue weighted by Gasteiger charge is 2.42. The van der Waals surface area contributed by atoms with E-state index in [1.165, 1.54) is 7.11 Å². The number of benzene rings is 3. The van der Waals surface area contributed by atoms with Crippen LogP contribution in [0, 0.1) is 0 Å². The summed E-state index contributed by atoms with van der Waals surface area (Å²) in [6, 6.07) is 30.0. The van der Waals surface area contributed by atoms with Crippen LogP contribution in [0.3, 0.4) is 0 Å². The van der Waals surface area contributed by atoms with Gasteiger partial charge in [0.05, 0.1) is 26.1 Å². The standard InChI is InChI=1S/C31H34N5O6P/c1-40-20-26(18-19-42-22-43(37,38)39)36-21-32-27-28(35-41-2)33-30(34-29(27)36)31(23-12-6-3-7-13-23,24-14-8-4-9-15-24)25-16-10-5-11-17-25/h3-17,21,26H,18-20,22H2,1-2H3,(H,33,34,35)(H2,37,38,39). The van der Waals surface area contributed by atoms with Crippen LogP contribution in [-0.4, -0.2) is 63.1 Å². The van der Waals surface area contributed by atoms with Gasteiger partial charge in [-0.1, -0.05) is 91.0 Å². The molecule has 43 heavy (non-hydrogen) atoms. The third-order valence-corrected chi connectivity index (χ3v) is 7.70. The zero-order chi connectivity index (χ0) is 30.3. The number of anilines is 1. The summed E-state index contributed by atoms with van der Waals surface area (Å²) in [5.41, 5.74) is 5.93. The number of fused-ring (bicyclic) bond motifs is 1. The van der Waals surface area contributed by atoms with Crippen molar-refractivity contribution in [3.8, 4) is 0 Å². The SMILES string of the molecule is COCC(CCOCP(=O)(O)O)n1cnc2c(NOC)nc(C(c3ccccc3)(c3ccccc3)c3ccccc3)nc21. The van der Waals surface area contributed by atoms with E-state index in [1.807, 2.05) is 59.2 Å². The predicted molar refractivity (Wildman–Crippen MR) is 163 cm³/mol. The first-order valence-electron chi connectivity index (χ1n) is 13.7. The molecule has 12 heteroatoms. The van der Waals surface area contributed by atoms with Crippen molar-refractivity contribution >= 4 is 24.6 Å². The fourth-order valence-corrected chi connectivity index (χ4v) is 5.74. The Morgan fingerprint density at radius 3 is 1.93 bits per heavy atom. The third-order valence-electron chi connectivity index (χ3n) is 7.18. The number of nitrogens with zero attached hydrogens (tertiary/aromatic N) is 4. The summed E-state index contributed by atoms with van der Waals surface area (Å²) >= 11 is 0. The average Bonchev–Trinajstić information content (AvgIpc) is 3.45. The molecular formula is C31H34N5O6P. The number of aromatic nitrogens is 4. The van der Waals surface area contributed by atoms with Crippen LogP contribution in [0.2, 0.25) is 0 Å². The number of imidazole rings is 1. The Hall–Kier alpha value is -3.96. The molecule has 1 atom stereocenters. The maximum Gasteiger partial charge on any atom is 0.350 e. The first-order chi connectivity index (χ1) is 20.9. The average molecular weight is 604 g/mol. The van der Waals surface area contributed by atoms with Crippen LogP contribution in [0.1, 0.15) is 35.0 Å². The van der Waals surface area contributed by atoms with E-state index in [4.69, 9.17) is 24.3 Å². The lowest BCUT2D eigenvalue weighted by Gasteiger charge is -2.34. The minimum absolute atomic E-state index is 0.0991. The molecule has 0 saturated carbocycles. The molecule has 2 aromatic heterocycles. The molecule has 0 bridgehead atoms. The molecule has 3 aromatic carbocycles. The van der Waals surface area contributed by atoms with Gasteiger partial charge in [0.25, 0.3) is 0 Å². The summed E-state index contributed by atoms with van der Waals surface area (Å²) in [7, 11) is -1.18. The van der Waals surface area contributed by atoms with Crippen molar-refractivity contribution < 1.29 is 28.7 Å². The molecule has 11 nitrogen and oxygen atoms in total. The van der Waals surface area contributed by atoms with Crippen molar-refractivity contribution in [3.05, 3.63) is 120 Å². The van der Waals surface area contributed by atoms with Gasteiger partial charge >= 0.3 is 7.60 Å². The lowest BCUT2D eigenvalue weighted by Crippen LogP contribution is -2.33. The molecule has 5 aromatic rings. The maximum atomic E-state index is 11.3. The summed E-state index contributed by atoms with van der Waals surface area (Å²) < 4.78 is 24.0. The first kappa shape index (κ1) is 30.5. The fraction of sp³-hybridized carbons (Fsp3) is 0.258. The molecule has 224 valence electrons. The van der Waals surface area contributed by atoms with E-state index in [9.17, 15) is 14.4 Å². The minimum atomic E-state index is -4.28.